The zero-order valence-corrected chi connectivity index (χ0v) is 25.5. The predicted molar refractivity (Wildman–Crippen MR) is 167 cm³/mol. The average Bonchev–Trinajstić information content (AvgIpc) is 3.51. The fourth-order valence-electron chi connectivity index (χ4n) is 5.24. The molecule has 1 fully saturated rings. The van der Waals surface area contributed by atoms with Crippen LogP contribution in [0.5, 0.6) is 5.75 Å². The third-order valence-electron chi connectivity index (χ3n) is 7.20. The molecule has 2 N–H and O–H groups in total. The lowest BCUT2D eigenvalue weighted by molar-refractivity contribution is -0.122. The lowest BCUT2D eigenvalue weighted by Crippen LogP contribution is -2.32. The number of halogens is 1. The fraction of sp³-hybridized carbons (Fsp3) is 0.194. The van der Waals surface area contributed by atoms with Crippen molar-refractivity contribution >= 4 is 69.8 Å². The SMILES string of the molecule is CCOC(=O)c1ccc(NC(=O)COc2ccc([C@H]3c4sc(=O)[nH]c4SC4C(=O)N(c5ccc(Cl)cc5)C(=O)C43)cc2)cc1. The Morgan fingerprint density at radius 1 is 0.955 bits per heavy atom. The summed E-state index contributed by atoms with van der Waals surface area (Å²) < 4.78 is 10.6. The minimum absolute atomic E-state index is 0.261. The van der Waals surface area contributed by atoms with Crippen molar-refractivity contribution in [1.82, 2.24) is 4.98 Å². The van der Waals surface area contributed by atoms with Gasteiger partial charge in [-0.3, -0.25) is 19.2 Å². The van der Waals surface area contributed by atoms with Crippen LogP contribution in [-0.2, 0) is 19.1 Å². The Kier molecular flexibility index (Phi) is 8.30. The zero-order chi connectivity index (χ0) is 31.0. The van der Waals surface area contributed by atoms with Crippen molar-refractivity contribution in [2.75, 3.05) is 23.4 Å². The van der Waals surface area contributed by atoms with E-state index in [1.807, 2.05) is 0 Å². The topological polar surface area (TPSA) is 135 Å². The lowest BCUT2D eigenvalue weighted by atomic mass is 9.83. The van der Waals surface area contributed by atoms with E-state index >= 15 is 0 Å². The number of carbonyl (C=O) groups excluding carboxylic acids is 4. The van der Waals surface area contributed by atoms with E-state index in [9.17, 15) is 24.0 Å². The average molecular weight is 650 g/mol. The number of aromatic amines is 1. The highest BCUT2D eigenvalue weighted by Crippen LogP contribution is 2.53. The van der Waals surface area contributed by atoms with Gasteiger partial charge in [0.25, 0.3) is 5.91 Å². The number of amides is 3. The van der Waals surface area contributed by atoms with Crippen LogP contribution in [0.2, 0.25) is 5.02 Å². The Balaban J connectivity index is 1.17. The molecule has 224 valence electrons. The number of nitrogens with zero attached hydrogens (tertiary/aromatic N) is 1. The van der Waals surface area contributed by atoms with Crippen molar-refractivity contribution in [3.05, 3.63) is 103 Å². The van der Waals surface area contributed by atoms with E-state index in [2.05, 4.69) is 10.3 Å². The van der Waals surface area contributed by atoms with Gasteiger partial charge in [-0.05, 0) is 73.2 Å². The van der Waals surface area contributed by atoms with Crippen LogP contribution in [0.3, 0.4) is 0 Å². The third-order valence-corrected chi connectivity index (χ3v) is 9.85. The molecular formula is C31H24ClN3O7S2. The summed E-state index contributed by atoms with van der Waals surface area (Å²) in [5.74, 6) is -2.38. The number of imide groups is 1. The molecule has 3 amide bonds. The first-order chi connectivity index (χ1) is 21.2. The highest BCUT2D eigenvalue weighted by atomic mass is 35.5. The number of esters is 1. The maximum absolute atomic E-state index is 13.8. The molecule has 0 spiro atoms. The number of hydrogen-bond acceptors (Lipinski definition) is 9. The molecule has 0 radical (unpaired) electrons. The molecule has 6 rings (SSSR count). The van der Waals surface area contributed by atoms with E-state index in [0.717, 1.165) is 16.9 Å². The maximum atomic E-state index is 13.8. The van der Waals surface area contributed by atoms with Gasteiger partial charge in [-0.1, -0.05) is 46.8 Å². The number of thiazole rings is 1. The smallest absolute Gasteiger partial charge is 0.338 e. The van der Waals surface area contributed by atoms with Crippen molar-refractivity contribution in [2.45, 2.75) is 23.1 Å². The summed E-state index contributed by atoms with van der Waals surface area (Å²) in [5.41, 5.74) is 2.04. The molecule has 2 aliphatic heterocycles. The summed E-state index contributed by atoms with van der Waals surface area (Å²) in [6, 6.07) is 19.7. The molecular weight excluding hydrogens is 626 g/mol. The van der Waals surface area contributed by atoms with Gasteiger partial charge in [0, 0.05) is 21.5 Å². The second-order valence-electron chi connectivity index (χ2n) is 9.94. The molecule has 13 heteroatoms. The molecule has 2 aliphatic rings. The van der Waals surface area contributed by atoms with Gasteiger partial charge in [0.15, 0.2) is 6.61 Å². The van der Waals surface area contributed by atoms with Crippen molar-refractivity contribution < 1.29 is 28.7 Å². The lowest BCUT2D eigenvalue weighted by Gasteiger charge is -2.29. The minimum atomic E-state index is -0.727. The number of nitrogens with one attached hydrogen (secondary N) is 2. The highest BCUT2D eigenvalue weighted by molar-refractivity contribution is 8.00. The summed E-state index contributed by atoms with van der Waals surface area (Å²) in [7, 11) is 0. The van der Waals surface area contributed by atoms with Crippen LogP contribution in [0.4, 0.5) is 11.4 Å². The highest BCUT2D eigenvalue weighted by Gasteiger charge is 2.56. The Bertz CT molecular complexity index is 1800. The molecule has 0 saturated carbocycles. The second kappa shape index (κ2) is 12.3. The van der Waals surface area contributed by atoms with Gasteiger partial charge in [0.2, 0.25) is 11.8 Å². The van der Waals surface area contributed by atoms with Crippen LogP contribution >= 0.6 is 34.7 Å². The summed E-state index contributed by atoms with van der Waals surface area (Å²) in [5, 5.41) is 3.06. The van der Waals surface area contributed by atoms with E-state index in [4.69, 9.17) is 21.1 Å². The Labute approximate surface area is 264 Å². The van der Waals surface area contributed by atoms with Crippen LogP contribution in [0, 0.1) is 5.92 Å². The normalized spacial score (nSPS) is 18.9. The number of fused-ring (bicyclic) bond motifs is 2. The van der Waals surface area contributed by atoms with E-state index in [-0.39, 0.29) is 29.9 Å². The van der Waals surface area contributed by atoms with Crippen molar-refractivity contribution in [3.8, 4) is 5.75 Å². The number of rotatable bonds is 8. The molecule has 4 aromatic rings. The maximum Gasteiger partial charge on any atom is 0.338 e. The Morgan fingerprint density at radius 3 is 2.34 bits per heavy atom. The van der Waals surface area contributed by atoms with Gasteiger partial charge in [0.1, 0.15) is 11.0 Å². The van der Waals surface area contributed by atoms with Gasteiger partial charge in [-0.2, -0.15) is 0 Å². The number of anilines is 2. The fourth-order valence-corrected chi connectivity index (χ4v) is 7.88. The first-order valence-corrected chi connectivity index (χ1v) is 15.6. The monoisotopic (exact) mass is 649 g/mol. The molecule has 3 heterocycles. The van der Waals surface area contributed by atoms with Gasteiger partial charge in [0.05, 0.1) is 28.8 Å². The summed E-state index contributed by atoms with van der Waals surface area (Å²) in [4.78, 5) is 68.4. The van der Waals surface area contributed by atoms with Gasteiger partial charge < -0.3 is 19.8 Å². The van der Waals surface area contributed by atoms with Crippen LogP contribution in [0.25, 0.3) is 0 Å². The first-order valence-electron chi connectivity index (χ1n) is 13.6. The molecule has 3 aromatic carbocycles. The van der Waals surface area contributed by atoms with Crippen LogP contribution in [0.1, 0.15) is 33.6 Å². The molecule has 0 bridgehead atoms. The van der Waals surface area contributed by atoms with E-state index in [1.54, 1.807) is 79.7 Å². The van der Waals surface area contributed by atoms with Crippen molar-refractivity contribution in [1.29, 1.82) is 0 Å². The number of thioether (sulfide) groups is 1. The van der Waals surface area contributed by atoms with E-state index in [0.29, 0.717) is 37.6 Å². The Morgan fingerprint density at radius 2 is 1.66 bits per heavy atom. The first kappa shape index (κ1) is 29.7. The van der Waals surface area contributed by atoms with E-state index < -0.39 is 29.0 Å². The van der Waals surface area contributed by atoms with Gasteiger partial charge in [-0.25, -0.2) is 9.69 Å². The molecule has 44 heavy (non-hydrogen) atoms. The number of hydrogen-bond donors (Lipinski definition) is 2. The predicted octanol–water partition coefficient (Wildman–Crippen LogP) is 5.08. The molecule has 1 aromatic heterocycles. The second-order valence-corrected chi connectivity index (χ2v) is 12.5. The molecule has 10 nitrogen and oxygen atoms in total. The molecule has 2 unspecified atom stereocenters. The standard InChI is InChI=1S/C31H24ClN3O7S2/c1-2-41-30(39)17-3-9-19(10-4-17)33-22(36)15-42-21-13-5-16(6-14-21)23-24-26(43-27-25(23)44-31(40)34-27)29(38)35(28(24)37)20-11-7-18(32)8-12-20/h3-14,23-24,26H,2,15H2,1H3,(H,33,36)(H,34,40)/t23-,24?,26?/m1/s1. The van der Waals surface area contributed by atoms with Gasteiger partial charge >= 0.3 is 10.8 Å². The Hall–Kier alpha value is -4.39. The number of carbonyl (C=O) groups is 4. The molecule has 3 atom stereocenters. The summed E-state index contributed by atoms with van der Waals surface area (Å²) >= 11 is 8.25. The number of benzene rings is 3. The van der Waals surface area contributed by atoms with Crippen molar-refractivity contribution in [2.24, 2.45) is 5.92 Å². The van der Waals surface area contributed by atoms with Crippen LogP contribution < -0.4 is 19.8 Å². The number of aromatic nitrogens is 1. The zero-order valence-electron chi connectivity index (χ0n) is 23.1. The third kappa shape index (κ3) is 5.75. The molecule has 1 saturated heterocycles. The molecule has 0 aliphatic carbocycles. The quantitative estimate of drug-likeness (QED) is 0.199. The summed E-state index contributed by atoms with van der Waals surface area (Å²) in [6.07, 6.45) is 0. The van der Waals surface area contributed by atoms with Crippen molar-refractivity contribution in [3.63, 3.8) is 0 Å². The van der Waals surface area contributed by atoms with Crippen LogP contribution in [0.15, 0.2) is 82.6 Å². The summed E-state index contributed by atoms with van der Waals surface area (Å²) in [6.45, 7) is 1.73. The minimum Gasteiger partial charge on any atom is -0.484 e. The largest absolute Gasteiger partial charge is 0.484 e. The number of H-pyrrole nitrogens is 1. The van der Waals surface area contributed by atoms with Gasteiger partial charge in [-0.15, -0.1) is 0 Å². The number of ether oxygens (including phenoxy) is 2. The van der Waals surface area contributed by atoms with Crippen LogP contribution in [-0.4, -0.2) is 47.1 Å². The van der Waals surface area contributed by atoms with E-state index in [1.165, 1.54) is 16.7 Å².